The van der Waals surface area contributed by atoms with Crippen LogP contribution in [0.4, 0.5) is 5.69 Å². The minimum atomic E-state index is -0.621. The second-order valence-electron chi connectivity index (χ2n) is 5.79. The Bertz CT molecular complexity index is 1020. The number of aromatic amines is 1. The lowest BCUT2D eigenvalue weighted by molar-refractivity contribution is -0.119. The van der Waals surface area contributed by atoms with Crippen LogP contribution in [0.25, 0.3) is 10.9 Å². The SMILES string of the molecule is COc1ccc2cc(C(=O)OCC(=O)Nc3ccc(CC#N)cc3)[nH]c2c1. The van der Waals surface area contributed by atoms with Crippen molar-refractivity contribution in [1.29, 1.82) is 5.26 Å². The van der Waals surface area contributed by atoms with E-state index < -0.39 is 18.5 Å². The molecule has 0 bridgehead atoms. The molecule has 0 fully saturated rings. The van der Waals surface area contributed by atoms with E-state index in [4.69, 9.17) is 14.7 Å². The van der Waals surface area contributed by atoms with Crippen molar-refractivity contribution in [2.24, 2.45) is 0 Å². The fraction of sp³-hybridized carbons (Fsp3) is 0.150. The van der Waals surface area contributed by atoms with E-state index in [1.807, 2.05) is 6.07 Å². The summed E-state index contributed by atoms with van der Waals surface area (Å²) in [6.45, 7) is -0.405. The largest absolute Gasteiger partial charge is 0.497 e. The molecule has 0 aliphatic heterocycles. The Morgan fingerprint density at radius 2 is 1.93 bits per heavy atom. The molecule has 0 saturated heterocycles. The second-order valence-corrected chi connectivity index (χ2v) is 5.79. The van der Waals surface area contributed by atoms with Crippen molar-refractivity contribution in [2.75, 3.05) is 19.0 Å². The molecule has 7 nitrogen and oxygen atoms in total. The molecule has 3 aromatic rings. The van der Waals surface area contributed by atoms with Gasteiger partial charge in [0.25, 0.3) is 5.91 Å². The van der Waals surface area contributed by atoms with Crippen LogP contribution in [0.2, 0.25) is 0 Å². The number of fused-ring (bicyclic) bond motifs is 1. The summed E-state index contributed by atoms with van der Waals surface area (Å²) in [5.41, 5.74) is 2.42. The Hall–Kier alpha value is -3.79. The van der Waals surface area contributed by atoms with Crippen LogP contribution in [0.1, 0.15) is 16.1 Å². The number of esters is 1. The summed E-state index contributed by atoms with van der Waals surface area (Å²) in [7, 11) is 1.56. The van der Waals surface area contributed by atoms with Gasteiger partial charge in [0.15, 0.2) is 6.61 Å². The number of nitriles is 1. The van der Waals surface area contributed by atoms with Crippen molar-refractivity contribution in [3.63, 3.8) is 0 Å². The van der Waals surface area contributed by atoms with Gasteiger partial charge in [0.2, 0.25) is 0 Å². The zero-order valence-electron chi connectivity index (χ0n) is 14.6. The average Bonchev–Trinajstić information content (AvgIpc) is 3.11. The molecule has 0 radical (unpaired) electrons. The molecule has 1 heterocycles. The number of aromatic nitrogens is 1. The minimum absolute atomic E-state index is 0.256. The van der Waals surface area contributed by atoms with Crippen molar-refractivity contribution >= 4 is 28.5 Å². The predicted molar refractivity (Wildman–Crippen MR) is 99.5 cm³/mol. The van der Waals surface area contributed by atoms with E-state index >= 15 is 0 Å². The van der Waals surface area contributed by atoms with Gasteiger partial charge in [0.1, 0.15) is 11.4 Å². The van der Waals surface area contributed by atoms with Gasteiger partial charge in [-0.25, -0.2) is 4.79 Å². The Morgan fingerprint density at radius 1 is 1.15 bits per heavy atom. The predicted octanol–water partition coefficient (Wildman–Crippen LogP) is 3.04. The Balaban J connectivity index is 1.56. The van der Waals surface area contributed by atoms with Crippen molar-refractivity contribution in [3.8, 4) is 11.8 Å². The average molecular weight is 363 g/mol. The number of anilines is 1. The third kappa shape index (κ3) is 4.44. The quantitative estimate of drug-likeness (QED) is 0.655. The highest BCUT2D eigenvalue weighted by Gasteiger charge is 2.13. The van der Waals surface area contributed by atoms with Gasteiger partial charge < -0.3 is 19.8 Å². The molecule has 2 N–H and O–H groups in total. The van der Waals surface area contributed by atoms with Crippen LogP contribution >= 0.6 is 0 Å². The second kappa shape index (κ2) is 8.06. The van der Waals surface area contributed by atoms with Crippen LogP contribution in [-0.2, 0) is 16.0 Å². The van der Waals surface area contributed by atoms with Gasteiger partial charge in [-0.1, -0.05) is 12.1 Å². The fourth-order valence-corrected chi connectivity index (χ4v) is 2.55. The lowest BCUT2D eigenvalue weighted by Gasteiger charge is -2.06. The highest BCUT2D eigenvalue weighted by Crippen LogP contribution is 2.21. The molecule has 2 aromatic carbocycles. The summed E-state index contributed by atoms with van der Waals surface area (Å²) < 4.78 is 10.2. The minimum Gasteiger partial charge on any atom is -0.497 e. The van der Waals surface area contributed by atoms with Crippen LogP contribution in [-0.4, -0.2) is 30.6 Å². The molecule has 3 rings (SSSR count). The molecule has 0 aliphatic rings. The number of benzene rings is 2. The highest BCUT2D eigenvalue weighted by molar-refractivity contribution is 5.97. The molecule has 0 saturated carbocycles. The van der Waals surface area contributed by atoms with Gasteiger partial charge in [-0.3, -0.25) is 4.79 Å². The fourth-order valence-electron chi connectivity index (χ4n) is 2.55. The normalized spacial score (nSPS) is 10.2. The van der Waals surface area contributed by atoms with Crippen LogP contribution in [0.3, 0.4) is 0 Å². The first-order chi connectivity index (χ1) is 13.1. The number of carbonyl (C=O) groups is 2. The van der Waals surface area contributed by atoms with Gasteiger partial charge in [-0.05, 0) is 35.9 Å². The van der Waals surface area contributed by atoms with E-state index in [0.29, 0.717) is 17.9 Å². The number of H-pyrrole nitrogens is 1. The summed E-state index contributed by atoms with van der Waals surface area (Å²) in [6.07, 6.45) is 0.308. The van der Waals surface area contributed by atoms with Crippen LogP contribution in [0.15, 0.2) is 48.5 Å². The van der Waals surface area contributed by atoms with Gasteiger partial charge in [-0.15, -0.1) is 0 Å². The van der Waals surface area contributed by atoms with Crippen molar-refractivity contribution < 1.29 is 19.1 Å². The van der Waals surface area contributed by atoms with E-state index in [1.165, 1.54) is 0 Å². The first-order valence-electron chi connectivity index (χ1n) is 8.18. The summed E-state index contributed by atoms with van der Waals surface area (Å²) in [5.74, 6) is -0.400. The third-order valence-corrected chi connectivity index (χ3v) is 3.90. The maximum atomic E-state index is 12.1. The lowest BCUT2D eigenvalue weighted by atomic mass is 10.1. The maximum Gasteiger partial charge on any atom is 0.355 e. The summed E-state index contributed by atoms with van der Waals surface area (Å²) in [5, 5.41) is 12.1. The topological polar surface area (TPSA) is 104 Å². The van der Waals surface area contributed by atoms with Crippen molar-refractivity contribution in [2.45, 2.75) is 6.42 Å². The highest BCUT2D eigenvalue weighted by atomic mass is 16.5. The number of carbonyl (C=O) groups excluding carboxylic acids is 2. The maximum absolute atomic E-state index is 12.1. The molecule has 7 heteroatoms. The smallest absolute Gasteiger partial charge is 0.355 e. The van der Waals surface area contributed by atoms with E-state index in [0.717, 1.165) is 16.5 Å². The molecule has 0 unspecified atom stereocenters. The number of hydrogen-bond acceptors (Lipinski definition) is 5. The molecular weight excluding hydrogens is 346 g/mol. The molecule has 0 aliphatic carbocycles. The van der Waals surface area contributed by atoms with E-state index in [9.17, 15) is 9.59 Å². The van der Waals surface area contributed by atoms with Gasteiger partial charge in [0, 0.05) is 22.7 Å². The Morgan fingerprint density at radius 3 is 2.63 bits per heavy atom. The number of ether oxygens (including phenoxy) is 2. The summed E-state index contributed by atoms with van der Waals surface area (Å²) >= 11 is 0. The van der Waals surface area contributed by atoms with Crippen LogP contribution < -0.4 is 10.1 Å². The lowest BCUT2D eigenvalue weighted by Crippen LogP contribution is -2.21. The third-order valence-electron chi connectivity index (χ3n) is 3.90. The molecule has 136 valence electrons. The van der Waals surface area contributed by atoms with Crippen molar-refractivity contribution in [3.05, 3.63) is 59.8 Å². The van der Waals surface area contributed by atoms with Gasteiger partial charge in [0.05, 0.1) is 19.6 Å². The standard InChI is InChI=1S/C20H17N3O4/c1-26-16-7-4-14-10-18(23-17(14)11-16)20(25)27-12-19(24)22-15-5-2-13(3-6-15)8-9-21/h2-7,10-11,23H,8,12H2,1H3,(H,22,24). The number of hydrogen-bond donors (Lipinski definition) is 2. The van der Waals surface area contributed by atoms with E-state index in [2.05, 4.69) is 16.4 Å². The number of methoxy groups -OCH3 is 1. The number of rotatable bonds is 6. The first kappa shape index (κ1) is 18.0. The zero-order chi connectivity index (χ0) is 19.2. The summed E-state index contributed by atoms with van der Waals surface area (Å²) in [4.78, 5) is 27.0. The van der Waals surface area contributed by atoms with Gasteiger partial charge >= 0.3 is 5.97 Å². The van der Waals surface area contributed by atoms with E-state index in [-0.39, 0.29) is 5.69 Å². The van der Waals surface area contributed by atoms with Crippen LogP contribution in [0, 0.1) is 11.3 Å². The van der Waals surface area contributed by atoms with Crippen molar-refractivity contribution in [1.82, 2.24) is 4.98 Å². The number of nitrogens with zero attached hydrogens (tertiary/aromatic N) is 1. The summed E-state index contributed by atoms with van der Waals surface area (Å²) in [6, 6.07) is 16.0. The Kier molecular flexibility index (Phi) is 5.38. The first-order valence-corrected chi connectivity index (χ1v) is 8.18. The van der Waals surface area contributed by atoms with Crippen LogP contribution in [0.5, 0.6) is 5.75 Å². The molecule has 0 spiro atoms. The van der Waals surface area contributed by atoms with E-state index in [1.54, 1.807) is 49.6 Å². The Labute approximate surface area is 155 Å². The monoisotopic (exact) mass is 363 g/mol. The molecular formula is C20H17N3O4. The number of nitrogens with one attached hydrogen (secondary N) is 2. The molecule has 1 aromatic heterocycles. The number of amides is 1. The molecule has 0 atom stereocenters. The zero-order valence-corrected chi connectivity index (χ0v) is 14.6. The van der Waals surface area contributed by atoms with Gasteiger partial charge in [-0.2, -0.15) is 5.26 Å². The molecule has 27 heavy (non-hydrogen) atoms. The molecule has 1 amide bonds.